The molecule has 0 atom stereocenters. The fourth-order valence-electron chi connectivity index (χ4n) is 3.18. The van der Waals surface area contributed by atoms with Crippen molar-refractivity contribution in [3.63, 3.8) is 0 Å². The number of benzene rings is 3. The first-order valence-corrected chi connectivity index (χ1v) is 9.07. The molecule has 130 valence electrons. The number of aliphatic imine (C=N–C) groups is 1. The number of para-hydroxylation sites is 1. The topological polar surface area (TPSA) is 18.8 Å². The minimum Gasteiger partial charge on any atom is -0.313 e. The lowest BCUT2D eigenvalue weighted by molar-refractivity contribution is 0.273. The van der Waals surface area contributed by atoms with Gasteiger partial charge in [-0.25, -0.2) is 0 Å². The Bertz CT molecular complexity index is 894. The Kier molecular flexibility index (Phi) is 5.00. The van der Waals surface area contributed by atoms with Crippen molar-refractivity contribution in [1.29, 1.82) is 0 Å². The molecule has 0 N–H and O–H groups in total. The molecule has 0 radical (unpaired) electrons. The molecule has 0 amide bonds. The molecule has 3 aromatic carbocycles. The summed E-state index contributed by atoms with van der Waals surface area (Å²) in [5, 5.41) is 0.802. The van der Waals surface area contributed by atoms with Crippen LogP contribution in [0.5, 0.6) is 0 Å². The molecule has 1 aliphatic rings. The van der Waals surface area contributed by atoms with E-state index < -0.39 is 0 Å². The Morgan fingerprint density at radius 3 is 2.19 bits per heavy atom. The number of rotatable bonds is 4. The normalized spacial score (nSPS) is 15.0. The van der Waals surface area contributed by atoms with Crippen molar-refractivity contribution in [2.24, 2.45) is 4.99 Å². The van der Waals surface area contributed by atoms with Crippen molar-refractivity contribution >= 4 is 23.1 Å². The third-order valence-electron chi connectivity index (χ3n) is 4.47. The van der Waals surface area contributed by atoms with E-state index >= 15 is 0 Å². The summed E-state index contributed by atoms with van der Waals surface area (Å²) in [7, 11) is 0. The van der Waals surface area contributed by atoms with Gasteiger partial charge in [-0.1, -0.05) is 78.3 Å². The molecule has 0 saturated heterocycles. The average Bonchev–Trinajstić information content (AvgIpc) is 2.71. The summed E-state index contributed by atoms with van der Waals surface area (Å²) in [5.74, 6) is 1.01. The lowest BCUT2D eigenvalue weighted by atomic mass is 10.1. The highest BCUT2D eigenvalue weighted by Crippen LogP contribution is 2.23. The quantitative estimate of drug-likeness (QED) is 0.649. The van der Waals surface area contributed by atoms with Gasteiger partial charge in [0, 0.05) is 22.8 Å². The van der Waals surface area contributed by atoms with Gasteiger partial charge in [0.15, 0.2) is 0 Å². The largest absolute Gasteiger partial charge is 0.313 e. The first kappa shape index (κ1) is 16.8. The van der Waals surface area contributed by atoms with Crippen LogP contribution in [0.25, 0.3) is 0 Å². The molecule has 0 aliphatic carbocycles. The molecule has 1 aliphatic heterocycles. The summed E-state index contributed by atoms with van der Waals surface area (Å²) in [4.78, 5) is 9.44. The van der Waals surface area contributed by atoms with Crippen LogP contribution in [-0.4, -0.2) is 24.1 Å². The molecule has 0 spiro atoms. The maximum absolute atomic E-state index is 6.35. The van der Waals surface area contributed by atoms with E-state index in [1.54, 1.807) is 0 Å². The maximum atomic E-state index is 6.35. The fourth-order valence-corrected chi connectivity index (χ4v) is 3.37. The molecule has 3 nitrogen and oxygen atoms in total. The van der Waals surface area contributed by atoms with Crippen molar-refractivity contribution in [1.82, 2.24) is 4.90 Å². The summed E-state index contributed by atoms with van der Waals surface area (Å²) in [5.41, 5.74) is 3.40. The zero-order valence-corrected chi connectivity index (χ0v) is 15.2. The third kappa shape index (κ3) is 3.64. The summed E-state index contributed by atoms with van der Waals surface area (Å²) >= 11 is 6.35. The molecule has 0 fully saturated rings. The van der Waals surface area contributed by atoms with Gasteiger partial charge in [-0.15, -0.1) is 0 Å². The van der Waals surface area contributed by atoms with Crippen LogP contribution < -0.4 is 4.90 Å². The number of hydrogen-bond acceptors (Lipinski definition) is 3. The van der Waals surface area contributed by atoms with Crippen LogP contribution in [0, 0.1) is 0 Å². The minimum absolute atomic E-state index is 0.652. The molecular formula is C22H20ClN3. The highest BCUT2D eigenvalue weighted by atomic mass is 35.5. The molecule has 0 unspecified atom stereocenters. The number of halogens is 1. The Labute approximate surface area is 159 Å². The molecule has 4 heteroatoms. The summed E-state index contributed by atoms with van der Waals surface area (Å²) < 4.78 is 0. The monoisotopic (exact) mass is 361 g/mol. The summed E-state index contributed by atoms with van der Waals surface area (Å²) in [6.07, 6.45) is 0. The maximum Gasteiger partial charge on any atom is 0.137 e. The van der Waals surface area contributed by atoms with Crippen LogP contribution in [0.15, 0.2) is 89.9 Å². The van der Waals surface area contributed by atoms with E-state index in [-0.39, 0.29) is 0 Å². The second-order valence-corrected chi connectivity index (χ2v) is 6.72. The molecule has 3 aromatic rings. The standard InChI is InChI=1S/C22H20ClN3/c23-21-14-8-7-11-19(21)15-25-16-24-22(18-9-3-1-4-10-18)26(17-25)20-12-5-2-6-13-20/h1-14H,15-17H2. The second kappa shape index (κ2) is 7.73. The average molecular weight is 362 g/mol. The Morgan fingerprint density at radius 2 is 1.46 bits per heavy atom. The smallest absolute Gasteiger partial charge is 0.137 e. The molecule has 0 bridgehead atoms. The van der Waals surface area contributed by atoms with E-state index in [9.17, 15) is 0 Å². The zero-order valence-electron chi connectivity index (χ0n) is 14.4. The summed E-state index contributed by atoms with van der Waals surface area (Å²) in [6, 6.07) is 28.8. The zero-order chi connectivity index (χ0) is 17.8. The summed E-state index contributed by atoms with van der Waals surface area (Å²) in [6.45, 7) is 2.19. The Hall–Kier alpha value is -2.62. The Balaban J connectivity index is 1.65. The van der Waals surface area contributed by atoms with Crippen LogP contribution >= 0.6 is 11.6 Å². The van der Waals surface area contributed by atoms with Gasteiger partial charge in [-0.05, 0) is 23.8 Å². The predicted molar refractivity (Wildman–Crippen MR) is 109 cm³/mol. The lowest BCUT2D eigenvalue weighted by Crippen LogP contribution is -2.46. The number of amidine groups is 1. The van der Waals surface area contributed by atoms with Crippen LogP contribution in [0.4, 0.5) is 5.69 Å². The molecule has 1 heterocycles. The molecule has 4 rings (SSSR count). The van der Waals surface area contributed by atoms with Gasteiger partial charge in [-0.2, -0.15) is 0 Å². The van der Waals surface area contributed by atoms with Gasteiger partial charge in [0.05, 0.1) is 13.3 Å². The first-order chi connectivity index (χ1) is 12.8. The highest BCUT2D eigenvalue weighted by Gasteiger charge is 2.23. The van der Waals surface area contributed by atoms with E-state index in [2.05, 4.69) is 64.4 Å². The predicted octanol–water partition coefficient (Wildman–Crippen LogP) is 5.02. The van der Waals surface area contributed by atoms with E-state index in [0.29, 0.717) is 6.67 Å². The van der Waals surface area contributed by atoms with E-state index in [0.717, 1.165) is 40.9 Å². The molecule has 26 heavy (non-hydrogen) atoms. The van der Waals surface area contributed by atoms with E-state index in [1.807, 2.05) is 30.3 Å². The third-order valence-corrected chi connectivity index (χ3v) is 4.84. The van der Waals surface area contributed by atoms with Crippen LogP contribution in [0.2, 0.25) is 5.02 Å². The second-order valence-electron chi connectivity index (χ2n) is 6.31. The van der Waals surface area contributed by atoms with Crippen LogP contribution in [-0.2, 0) is 6.54 Å². The SMILES string of the molecule is Clc1ccccc1CN1CN=C(c2ccccc2)N(c2ccccc2)C1. The molecule has 0 aromatic heterocycles. The van der Waals surface area contributed by atoms with Gasteiger partial charge < -0.3 is 4.90 Å². The van der Waals surface area contributed by atoms with Crippen molar-refractivity contribution in [3.8, 4) is 0 Å². The van der Waals surface area contributed by atoms with Gasteiger partial charge in [0.2, 0.25) is 0 Å². The van der Waals surface area contributed by atoms with Gasteiger partial charge >= 0.3 is 0 Å². The minimum atomic E-state index is 0.652. The van der Waals surface area contributed by atoms with E-state index in [1.165, 1.54) is 0 Å². The van der Waals surface area contributed by atoms with Crippen molar-refractivity contribution in [3.05, 3.63) is 101 Å². The first-order valence-electron chi connectivity index (χ1n) is 8.69. The van der Waals surface area contributed by atoms with Crippen LogP contribution in [0.3, 0.4) is 0 Å². The number of hydrogen-bond donors (Lipinski definition) is 0. The van der Waals surface area contributed by atoms with Gasteiger partial charge in [0.1, 0.15) is 5.84 Å². The molecular weight excluding hydrogens is 342 g/mol. The fraction of sp³-hybridized carbons (Fsp3) is 0.136. The van der Waals surface area contributed by atoms with Gasteiger partial charge in [-0.3, -0.25) is 9.89 Å². The van der Waals surface area contributed by atoms with E-state index in [4.69, 9.17) is 16.6 Å². The highest BCUT2D eigenvalue weighted by molar-refractivity contribution is 6.31. The van der Waals surface area contributed by atoms with Crippen LogP contribution in [0.1, 0.15) is 11.1 Å². The van der Waals surface area contributed by atoms with Gasteiger partial charge in [0.25, 0.3) is 0 Å². The van der Waals surface area contributed by atoms with Crippen molar-refractivity contribution < 1.29 is 0 Å². The number of anilines is 1. The number of nitrogens with zero attached hydrogens (tertiary/aromatic N) is 3. The lowest BCUT2D eigenvalue weighted by Gasteiger charge is -2.36. The molecule has 0 saturated carbocycles. The Morgan fingerprint density at radius 1 is 0.808 bits per heavy atom. The van der Waals surface area contributed by atoms with Crippen molar-refractivity contribution in [2.45, 2.75) is 6.54 Å². The van der Waals surface area contributed by atoms with Crippen molar-refractivity contribution in [2.75, 3.05) is 18.2 Å².